The molecule has 0 bridgehead atoms. The van der Waals surface area contributed by atoms with E-state index in [1.54, 1.807) is 0 Å². The number of hydrogen-bond acceptors (Lipinski definition) is 4. The average Bonchev–Trinajstić information content (AvgIpc) is 3.13. The van der Waals surface area contributed by atoms with Crippen LogP contribution in [0.4, 0.5) is 0 Å². The van der Waals surface area contributed by atoms with Crippen molar-refractivity contribution in [2.45, 2.75) is 110 Å². The molecule has 4 heteroatoms. The van der Waals surface area contributed by atoms with Crippen LogP contribution in [0, 0.1) is 40.4 Å². The van der Waals surface area contributed by atoms with Crippen LogP contribution in [0.3, 0.4) is 0 Å². The molecular weight excluding hydrogens is 394 g/mol. The van der Waals surface area contributed by atoms with Crippen molar-refractivity contribution in [2.24, 2.45) is 46.2 Å². The highest BCUT2D eigenvalue weighted by atomic mass is 16.3. The Kier molecular flexibility index (Phi) is 8.28. The molecule has 4 rings (SSSR count). The standard InChI is InChI=1S/C28H53N3O/c1-20(32)24-9-10-25-23-8-7-21-19-22(31-18-6-17-30-16-5-4-15-29)11-13-27(21,2)26(23)12-14-28(24,25)3/h20-26,30-32H,4-19,29H2,1-3H3. The van der Waals surface area contributed by atoms with Crippen LogP contribution in [-0.4, -0.2) is 43.4 Å². The topological polar surface area (TPSA) is 70.3 Å². The fourth-order valence-corrected chi connectivity index (χ4v) is 9.32. The summed E-state index contributed by atoms with van der Waals surface area (Å²) in [5.41, 5.74) is 6.53. The second kappa shape index (κ2) is 10.6. The normalized spacial score (nSPS) is 44.5. The number of rotatable bonds is 10. The molecule has 0 heterocycles. The van der Waals surface area contributed by atoms with Crippen molar-refractivity contribution in [3.63, 3.8) is 0 Å². The van der Waals surface area contributed by atoms with Crippen molar-refractivity contribution in [1.82, 2.24) is 10.6 Å². The SMILES string of the molecule is CC(O)C1CCC2C3CCC4CC(NCCCNCCCCN)CCC4(C)C3CCC12C. The third-order valence-electron chi connectivity index (χ3n) is 11.1. The molecule has 4 aliphatic rings. The van der Waals surface area contributed by atoms with Crippen LogP contribution in [-0.2, 0) is 0 Å². The van der Waals surface area contributed by atoms with Crippen LogP contribution in [0.25, 0.3) is 0 Å². The van der Waals surface area contributed by atoms with Gasteiger partial charge in [0.05, 0.1) is 6.10 Å². The zero-order valence-corrected chi connectivity index (χ0v) is 21.4. The van der Waals surface area contributed by atoms with Crippen molar-refractivity contribution in [3.8, 4) is 0 Å². The molecule has 0 aliphatic heterocycles. The lowest BCUT2D eigenvalue weighted by Crippen LogP contribution is -2.55. The van der Waals surface area contributed by atoms with E-state index in [1.807, 2.05) is 0 Å². The van der Waals surface area contributed by atoms with E-state index in [-0.39, 0.29) is 6.10 Å². The molecule has 9 unspecified atom stereocenters. The van der Waals surface area contributed by atoms with Gasteiger partial charge in [-0.1, -0.05) is 13.8 Å². The van der Waals surface area contributed by atoms with Crippen molar-refractivity contribution >= 4 is 0 Å². The first-order valence-corrected chi connectivity index (χ1v) is 14.2. The smallest absolute Gasteiger partial charge is 0.0545 e. The number of aliphatic hydroxyl groups is 1. The van der Waals surface area contributed by atoms with Crippen LogP contribution in [0.2, 0.25) is 0 Å². The summed E-state index contributed by atoms with van der Waals surface area (Å²) in [7, 11) is 0. The highest BCUT2D eigenvalue weighted by Crippen LogP contribution is 2.67. The summed E-state index contributed by atoms with van der Waals surface area (Å²) in [5.74, 6) is 4.18. The Morgan fingerprint density at radius 2 is 1.62 bits per heavy atom. The van der Waals surface area contributed by atoms with E-state index < -0.39 is 0 Å². The largest absolute Gasteiger partial charge is 0.393 e. The van der Waals surface area contributed by atoms with Gasteiger partial charge in [0.2, 0.25) is 0 Å². The van der Waals surface area contributed by atoms with Gasteiger partial charge in [0.15, 0.2) is 0 Å². The second-order valence-electron chi connectivity index (χ2n) is 12.7. The Bertz CT molecular complexity index is 597. The Labute approximate surface area is 198 Å². The predicted molar refractivity (Wildman–Crippen MR) is 134 cm³/mol. The van der Waals surface area contributed by atoms with Crippen molar-refractivity contribution in [1.29, 1.82) is 0 Å². The summed E-state index contributed by atoms with van der Waals surface area (Å²) >= 11 is 0. The van der Waals surface area contributed by atoms with Crippen LogP contribution >= 0.6 is 0 Å². The molecule has 4 fully saturated rings. The summed E-state index contributed by atoms with van der Waals surface area (Å²) < 4.78 is 0. The first-order valence-electron chi connectivity index (χ1n) is 14.2. The minimum Gasteiger partial charge on any atom is -0.393 e. The molecule has 0 aromatic rings. The quantitative estimate of drug-likeness (QED) is 0.366. The lowest BCUT2D eigenvalue weighted by molar-refractivity contribution is -0.121. The zero-order valence-electron chi connectivity index (χ0n) is 21.4. The van der Waals surface area contributed by atoms with Gasteiger partial charge >= 0.3 is 0 Å². The van der Waals surface area contributed by atoms with Crippen LogP contribution in [0.5, 0.6) is 0 Å². The van der Waals surface area contributed by atoms with Crippen molar-refractivity contribution < 1.29 is 5.11 Å². The zero-order chi connectivity index (χ0) is 22.8. The second-order valence-corrected chi connectivity index (χ2v) is 12.7. The molecule has 4 saturated carbocycles. The maximum atomic E-state index is 10.5. The van der Waals surface area contributed by atoms with E-state index in [1.165, 1.54) is 70.6 Å². The van der Waals surface area contributed by atoms with Crippen LogP contribution in [0.1, 0.15) is 97.8 Å². The Morgan fingerprint density at radius 3 is 2.41 bits per heavy atom. The maximum absolute atomic E-state index is 10.5. The molecule has 32 heavy (non-hydrogen) atoms. The fraction of sp³-hybridized carbons (Fsp3) is 1.00. The Balaban J connectivity index is 1.26. The van der Waals surface area contributed by atoms with Crippen molar-refractivity contribution in [3.05, 3.63) is 0 Å². The molecule has 4 aliphatic carbocycles. The summed E-state index contributed by atoms with van der Waals surface area (Å²) in [6.45, 7) is 11.5. The van der Waals surface area contributed by atoms with Gasteiger partial charge in [-0.05, 0) is 151 Å². The molecular formula is C28H53N3O. The van der Waals surface area contributed by atoms with E-state index in [0.29, 0.717) is 16.7 Å². The van der Waals surface area contributed by atoms with Crippen LogP contribution < -0.4 is 16.4 Å². The van der Waals surface area contributed by atoms with Gasteiger partial charge in [-0.2, -0.15) is 0 Å². The minimum atomic E-state index is -0.129. The molecule has 0 aromatic carbocycles. The predicted octanol–water partition coefficient (Wildman–Crippen LogP) is 4.70. The summed E-state index contributed by atoms with van der Waals surface area (Å²) in [4.78, 5) is 0. The van der Waals surface area contributed by atoms with E-state index in [4.69, 9.17) is 5.73 Å². The molecule has 4 nitrogen and oxygen atoms in total. The average molecular weight is 448 g/mol. The lowest BCUT2D eigenvalue weighted by atomic mass is 9.44. The van der Waals surface area contributed by atoms with Crippen LogP contribution in [0.15, 0.2) is 0 Å². The summed E-state index contributed by atoms with van der Waals surface area (Å²) in [5, 5.41) is 17.9. The van der Waals surface area contributed by atoms with E-state index in [0.717, 1.165) is 62.3 Å². The third-order valence-corrected chi connectivity index (χ3v) is 11.1. The number of hydrogen-bond donors (Lipinski definition) is 4. The number of unbranched alkanes of at least 4 members (excludes halogenated alkanes) is 1. The van der Waals surface area contributed by atoms with Gasteiger partial charge in [-0.25, -0.2) is 0 Å². The van der Waals surface area contributed by atoms with E-state index in [2.05, 4.69) is 31.4 Å². The number of nitrogens with two attached hydrogens (primary N) is 1. The molecule has 9 atom stereocenters. The van der Waals surface area contributed by atoms with E-state index in [9.17, 15) is 5.11 Å². The third kappa shape index (κ3) is 4.81. The molecule has 0 radical (unpaired) electrons. The highest BCUT2D eigenvalue weighted by Gasteiger charge is 2.60. The van der Waals surface area contributed by atoms with Crippen molar-refractivity contribution in [2.75, 3.05) is 26.2 Å². The molecule has 0 aromatic heterocycles. The van der Waals surface area contributed by atoms with Gasteiger partial charge in [-0.3, -0.25) is 0 Å². The number of fused-ring (bicyclic) bond motifs is 5. The van der Waals surface area contributed by atoms with Gasteiger partial charge in [-0.15, -0.1) is 0 Å². The Morgan fingerprint density at radius 1 is 0.875 bits per heavy atom. The molecule has 0 amide bonds. The molecule has 186 valence electrons. The molecule has 0 spiro atoms. The molecule has 0 saturated heterocycles. The fourth-order valence-electron chi connectivity index (χ4n) is 9.32. The van der Waals surface area contributed by atoms with Gasteiger partial charge in [0.1, 0.15) is 0 Å². The minimum absolute atomic E-state index is 0.129. The van der Waals surface area contributed by atoms with Gasteiger partial charge in [0, 0.05) is 6.04 Å². The van der Waals surface area contributed by atoms with Gasteiger partial charge in [0.25, 0.3) is 0 Å². The lowest BCUT2D eigenvalue weighted by Gasteiger charge is -2.61. The summed E-state index contributed by atoms with van der Waals surface area (Å²) in [6, 6.07) is 0.738. The first-order chi connectivity index (χ1) is 15.4. The maximum Gasteiger partial charge on any atom is 0.0545 e. The first kappa shape index (κ1) is 24.9. The number of aliphatic hydroxyl groups excluding tert-OH is 1. The summed E-state index contributed by atoms with van der Waals surface area (Å²) in [6.07, 6.45) is 16.0. The molecule has 5 N–H and O–H groups in total. The highest BCUT2D eigenvalue weighted by molar-refractivity contribution is 5.10. The van der Waals surface area contributed by atoms with E-state index >= 15 is 0 Å². The van der Waals surface area contributed by atoms with Gasteiger partial charge < -0.3 is 21.5 Å². The monoisotopic (exact) mass is 447 g/mol. The number of nitrogens with one attached hydrogen (secondary N) is 2. The Hall–Kier alpha value is -0.160.